The third-order valence-corrected chi connectivity index (χ3v) is 3.68. The van der Waals surface area contributed by atoms with Crippen molar-refractivity contribution in [3.8, 4) is 0 Å². The number of hydrogen-bond acceptors (Lipinski definition) is 1. The monoisotopic (exact) mass is 320 g/mol. The maximum atomic E-state index is 13.6. The third kappa shape index (κ3) is 4.01. The molecule has 22 heavy (non-hydrogen) atoms. The molecule has 0 unspecified atom stereocenters. The summed E-state index contributed by atoms with van der Waals surface area (Å²) in [6.45, 7) is 4.08. The summed E-state index contributed by atoms with van der Waals surface area (Å²) in [6.07, 6.45) is 0.832. The second-order valence-electron chi connectivity index (χ2n) is 5.04. The zero-order valence-electron chi connectivity index (χ0n) is 12.5. The zero-order chi connectivity index (χ0) is 16.1. The molecule has 0 radical (unpaired) electrons. The van der Waals surface area contributed by atoms with E-state index >= 15 is 0 Å². The Labute approximate surface area is 134 Å². The minimum atomic E-state index is -0.673. The molecule has 0 saturated heterocycles. The van der Waals surface area contributed by atoms with Crippen molar-refractivity contribution in [2.24, 2.45) is 0 Å². The summed E-state index contributed by atoms with van der Waals surface area (Å²) in [7, 11) is 0. The Morgan fingerprint density at radius 2 is 1.91 bits per heavy atom. The van der Waals surface area contributed by atoms with Crippen molar-refractivity contribution >= 4 is 23.0 Å². The first kappa shape index (κ1) is 16.4. The topological polar surface area (TPSA) is 24.1 Å². The number of rotatable bonds is 4. The first-order chi connectivity index (χ1) is 10.5. The quantitative estimate of drug-likeness (QED) is 0.798. The van der Waals surface area contributed by atoms with Crippen LogP contribution in [0, 0.1) is 18.6 Å². The Bertz CT molecular complexity index is 673. The second-order valence-corrected chi connectivity index (χ2v) is 5.45. The number of aryl methyl sites for hydroxylation is 1. The van der Waals surface area contributed by atoms with Crippen molar-refractivity contribution < 1.29 is 8.78 Å². The summed E-state index contributed by atoms with van der Waals surface area (Å²) in [4.78, 5) is 0. The average molecular weight is 320 g/mol. The Hall–Kier alpha value is -2.01. The molecule has 0 heterocycles. The fourth-order valence-corrected chi connectivity index (χ4v) is 2.54. The van der Waals surface area contributed by atoms with Crippen LogP contribution in [0.5, 0.6) is 0 Å². The third-order valence-electron chi connectivity index (χ3n) is 3.46. The highest BCUT2D eigenvalue weighted by Gasteiger charge is 2.13. The largest absolute Gasteiger partial charge is 0.356 e. The maximum Gasteiger partial charge on any atom is 0.171 e. The highest BCUT2D eigenvalue weighted by molar-refractivity contribution is 7.80. The highest BCUT2D eigenvalue weighted by atomic mass is 32.1. The number of hydrogen-bond donors (Lipinski definition) is 2. The number of nitrogens with one attached hydrogen (secondary N) is 2. The Kier molecular flexibility index (Phi) is 5.44. The van der Waals surface area contributed by atoms with Crippen LogP contribution in [0.25, 0.3) is 0 Å². The minimum absolute atomic E-state index is 0.0321. The fraction of sp³-hybridized carbons (Fsp3) is 0.235. The summed E-state index contributed by atoms with van der Waals surface area (Å²) in [6, 6.07) is 11.4. The number of benzene rings is 2. The van der Waals surface area contributed by atoms with Crippen LogP contribution in [0.4, 0.5) is 14.5 Å². The molecule has 2 aromatic rings. The molecule has 1 atom stereocenters. The van der Waals surface area contributed by atoms with Gasteiger partial charge in [-0.05, 0) is 48.8 Å². The minimum Gasteiger partial charge on any atom is -0.356 e. The summed E-state index contributed by atoms with van der Waals surface area (Å²) >= 11 is 5.23. The molecule has 0 amide bonds. The van der Waals surface area contributed by atoms with Crippen molar-refractivity contribution in [3.63, 3.8) is 0 Å². The van der Waals surface area contributed by atoms with Crippen LogP contribution in [0.15, 0.2) is 42.5 Å². The molecule has 0 aliphatic heterocycles. The molecule has 0 bridgehead atoms. The predicted molar refractivity (Wildman–Crippen MR) is 89.9 cm³/mol. The second kappa shape index (κ2) is 7.31. The van der Waals surface area contributed by atoms with Gasteiger partial charge < -0.3 is 10.6 Å². The fourth-order valence-electron chi connectivity index (χ4n) is 2.28. The first-order valence-corrected chi connectivity index (χ1v) is 7.50. The lowest BCUT2D eigenvalue weighted by Crippen LogP contribution is -2.32. The van der Waals surface area contributed by atoms with E-state index in [2.05, 4.69) is 10.6 Å². The Morgan fingerprint density at radius 3 is 2.55 bits per heavy atom. The summed E-state index contributed by atoms with van der Waals surface area (Å²) in [5.74, 6) is -1.29. The van der Waals surface area contributed by atoms with E-state index in [9.17, 15) is 8.78 Å². The van der Waals surface area contributed by atoms with E-state index in [0.29, 0.717) is 5.11 Å². The lowest BCUT2D eigenvalue weighted by Gasteiger charge is -2.21. The van der Waals surface area contributed by atoms with E-state index < -0.39 is 11.6 Å². The SMILES string of the molecule is CC[C@H](NC(=S)Nc1ccc(F)cc1F)c1ccccc1C. The van der Waals surface area contributed by atoms with Gasteiger partial charge in [-0.3, -0.25) is 0 Å². The van der Waals surface area contributed by atoms with E-state index in [1.165, 1.54) is 12.1 Å². The number of thiocarbonyl (C=S) groups is 1. The standard InChI is InChI=1S/C17H18F2N2S/c1-3-15(13-7-5-4-6-11(13)2)20-17(22)21-16-9-8-12(18)10-14(16)19/h4-10,15H,3H2,1-2H3,(H2,20,21,22)/t15-/m0/s1. The van der Waals surface area contributed by atoms with Crippen LogP contribution >= 0.6 is 12.2 Å². The Balaban J connectivity index is 2.08. The van der Waals surface area contributed by atoms with E-state index in [0.717, 1.165) is 23.6 Å². The van der Waals surface area contributed by atoms with Crippen molar-refractivity contribution in [1.29, 1.82) is 0 Å². The number of halogens is 2. The van der Waals surface area contributed by atoms with Crippen LogP contribution in [0.2, 0.25) is 0 Å². The van der Waals surface area contributed by atoms with Gasteiger partial charge in [-0.2, -0.15) is 0 Å². The summed E-state index contributed by atoms with van der Waals surface area (Å²) < 4.78 is 26.5. The molecule has 116 valence electrons. The molecule has 5 heteroatoms. The van der Waals surface area contributed by atoms with Crippen LogP contribution in [0.1, 0.15) is 30.5 Å². The Morgan fingerprint density at radius 1 is 1.18 bits per heavy atom. The van der Waals surface area contributed by atoms with Crippen LogP contribution in [-0.2, 0) is 0 Å². The summed E-state index contributed by atoms with van der Waals surface area (Å²) in [5.41, 5.74) is 2.46. The van der Waals surface area contributed by atoms with Gasteiger partial charge in [0.05, 0.1) is 11.7 Å². The lowest BCUT2D eigenvalue weighted by atomic mass is 10.00. The molecule has 0 aliphatic carbocycles. The molecule has 0 aromatic heterocycles. The van der Waals surface area contributed by atoms with E-state index in [1.807, 2.05) is 38.1 Å². The van der Waals surface area contributed by atoms with Gasteiger partial charge in [-0.15, -0.1) is 0 Å². The van der Waals surface area contributed by atoms with Gasteiger partial charge in [0.2, 0.25) is 0 Å². The van der Waals surface area contributed by atoms with Crippen LogP contribution < -0.4 is 10.6 Å². The van der Waals surface area contributed by atoms with E-state index in [4.69, 9.17) is 12.2 Å². The molecular weight excluding hydrogens is 302 g/mol. The molecule has 0 aliphatic rings. The van der Waals surface area contributed by atoms with Crippen LogP contribution in [-0.4, -0.2) is 5.11 Å². The molecular formula is C17H18F2N2S. The van der Waals surface area contributed by atoms with Crippen molar-refractivity contribution in [2.45, 2.75) is 26.3 Å². The normalized spacial score (nSPS) is 11.8. The van der Waals surface area contributed by atoms with E-state index in [-0.39, 0.29) is 11.7 Å². The van der Waals surface area contributed by atoms with Crippen molar-refractivity contribution in [1.82, 2.24) is 5.32 Å². The van der Waals surface area contributed by atoms with Gasteiger partial charge >= 0.3 is 0 Å². The lowest BCUT2D eigenvalue weighted by molar-refractivity contribution is 0.585. The van der Waals surface area contributed by atoms with Gasteiger partial charge in [0.25, 0.3) is 0 Å². The molecule has 0 spiro atoms. The van der Waals surface area contributed by atoms with Crippen molar-refractivity contribution in [3.05, 3.63) is 65.2 Å². The zero-order valence-corrected chi connectivity index (χ0v) is 13.3. The van der Waals surface area contributed by atoms with Gasteiger partial charge in [0.15, 0.2) is 5.11 Å². The van der Waals surface area contributed by atoms with Gasteiger partial charge in [-0.1, -0.05) is 31.2 Å². The molecule has 0 fully saturated rings. The molecule has 2 nitrogen and oxygen atoms in total. The highest BCUT2D eigenvalue weighted by Crippen LogP contribution is 2.21. The smallest absolute Gasteiger partial charge is 0.171 e. The molecule has 2 aromatic carbocycles. The van der Waals surface area contributed by atoms with Gasteiger partial charge in [-0.25, -0.2) is 8.78 Å². The maximum absolute atomic E-state index is 13.6. The van der Waals surface area contributed by atoms with Crippen LogP contribution in [0.3, 0.4) is 0 Å². The summed E-state index contributed by atoms with van der Waals surface area (Å²) in [5, 5.41) is 6.25. The number of anilines is 1. The van der Waals surface area contributed by atoms with Gasteiger partial charge in [0.1, 0.15) is 11.6 Å². The van der Waals surface area contributed by atoms with E-state index in [1.54, 1.807) is 0 Å². The van der Waals surface area contributed by atoms with Gasteiger partial charge in [0, 0.05) is 6.07 Å². The molecule has 2 N–H and O–H groups in total. The first-order valence-electron chi connectivity index (χ1n) is 7.09. The van der Waals surface area contributed by atoms with Crippen molar-refractivity contribution in [2.75, 3.05) is 5.32 Å². The average Bonchev–Trinajstić information content (AvgIpc) is 2.48. The predicted octanol–water partition coefficient (Wildman–Crippen LogP) is 4.71. The molecule has 2 rings (SSSR count). The molecule has 0 saturated carbocycles.